The van der Waals surface area contributed by atoms with E-state index in [1.807, 2.05) is 61.5 Å². The summed E-state index contributed by atoms with van der Waals surface area (Å²) < 4.78 is 12.9. The number of urea groups is 1. The molecule has 178 valence electrons. The fourth-order valence-corrected chi connectivity index (χ4v) is 3.99. The highest BCUT2D eigenvalue weighted by atomic mass is 16.7. The molecule has 2 amide bonds. The summed E-state index contributed by atoms with van der Waals surface area (Å²) in [6.45, 7) is 9.94. The number of carbonyl (C=O) groups is 1. The third-order valence-corrected chi connectivity index (χ3v) is 5.83. The van der Waals surface area contributed by atoms with Crippen LogP contribution in [0.3, 0.4) is 0 Å². The van der Waals surface area contributed by atoms with Gasteiger partial charge in [0.25, 0.3) is 0 Å². The van der Waals surface area contributed by atoms with Crippen LogP contribution >= 0.6 is 0 Å². The molecule has 4 atom stereocenters. The summed E-state index contributed by atoms with van der Waals surface area (Å²) >= 11 is 0. The molecule has 3 rings (SSSR count). The molecular formula is C26H35N3O4. The summed E-state index contributed by atoms with van der Waals surface area (Å²) in [5.41, 5.74) is 3.51. The van der Waals surface area contributed by atoms with Crippen molar-refractivity contribution in [3.05, 3.63) is 77.9 Å². The molecule has 3 N–H and O–H groups in total. The van der Waals surface area contributed by atoms with Gasteiger partial charge in [0.15, 0.2) is 6.29 Å². The maximum absolute atomic E-state index is 11.8. The van der Waals surface area contributed by atoms with Gasteiger partial charge in [0.05, 0.1) is 18.8 Å². The van der Waals surface area contributed by atoms with Crippen molar-refractivity contribution in [1.82, 2.24) is 10.2 Å². The number of hydrogen-bond acceptors (Lipinski definition) is 5. The zero-order chi connectivity index (χ0) is 23.8. The van der Waals surface area contributed by atoms with Crippen LogP contribution in [-0.4, -0.2) is 48.8 Å². The van der Waals surface area contributed by atoms with Crippen molar-refractivity contribution in [3.63, 3.8) is 0 Å². The smallest absolute Gasteiger partial charge is 0.319 e. The van der Waals surface area contributed by atoms with Crippen LogP contribution in [0.5, 0.6) is 0 Å². The summed E-state index contributed by atoms with van der Waals surface area (Å²) in [4.78, 5) is 14.0. The molecule has 1 aliphatic rings. The number of benzene rings is 2. The molecule has 2 aromatic carbocycles. The van der Waals surface area contributed by atoms with Gasteiger partial charge in [0.1, 0.15) is 0 Å². The van der Waals surface area contributed by atoms with E-state index >= 15 is 0 Å². The van der Waals surface area contributed by atoms with E-state index in [2.05, 4.69) is 36.1 Å². The molecule has 0 spiro atoms. The lowest BCUT2D eigenvalue weighted by Crippen LogP contribution is -2.43. The van der Waals surface area contributed by atoms with Gasteiger partial charge in [-0.05, 0) is 37.2 Å². The number of aliphatic hydroxyl groups excluding tert-OH is 1. The van der Waals surface area contributed by atoms with Crippen molar-refractivity contribution < 1.29 is 19.4 Å². The molecule has 1 heterocycles. The van der Waals surface area contributed by atoms with Gasteiger partial charge in [-0.1, -0.05) is 49.4 Å². The predicted molar refractivity (Wildman–Crippen MR) is 130 cm³/mol. The Labute approximate surface area is 196 Å². The van der Waals surface area contributed by atoms with Gasteiger partial charge in [0, 0.05) is 36.8 Å². The lowest BCUT2D eigenvalue weighted by Gasteiger charge is -2.42. The number of amides is 2. The first-order valence-corrected chi connectivity index (χ1v) is 11.4. The summed E-state index contributed by atoms with van der Waals surface area (Å²) in [5, 5.41) is 14.9. The summed E-state index contributed by atoms with van der Waals surface area (Å²) in [7, 11) is 2.05. The Morgan fingerprint density at radius 1 is 1.12 bits per heavy atom. The van der Waals surface area contributed by atoms with Crippen LogP contribution in [0.1, 0.15) is 42.9 Å². The Kier molecular flexibility index (Phi) is 9.03. The first-order chi connectivity index (χ1) is 15.9. The molecule has 0 unspecified atom stereocenters. The van der Waals surface area contributed by atoms with E-state index in [4.69, 9.17) is 9.47 Å². The largest absolute Gasteiger partial charge is 0.392 e. The number of rotatable bonds is 9. The minimum atomic E-state index is -0.538. The van der Waals surface area contributed by atoms with Gasteiger partial charge < -0.3 is 30.1 Å². The van der Waals surface area contributed by atoms with Gasteiger partial charge >= 0.3 is 6.03 Å². The monoisotopic (exact) mass is 453 g/mol. The zero-order valence-corrected chi connectivity index (χ0v) is 19.7. The quantitative estimate of drug-likeness (QED) is 0.495. The van der Waals surface area contributed by atoms with Crippen LogP contribution in [0, 0.1) is 5.92 Å². The zero-order valence-electron chi connectivity index (χ0n) is 19.7. The minimum Gasteiger partial charge on any atom is -0.392 e. The number of aliphatic hydroxyl groups is 1. The normalized spacial score (nSPS) is 22.7. The van der Waals surface area contributed by atoms with Gasteiger partial charge in [-0.2, -0.15) is 0 Å². The first-order valence-electron chi connectivity index (χ1n) is 11.4. The van der Waals surface area contributed by atoms with Crippen LogP contribution in [-0.2, 0) is 16.1 Å². The number of nitrogens with zero attached hydrogens (tertiary/aromatic N) is 1. The fraction of sp³-hybridized carbons (Fsp3) is 0.423. The molecule has 2 aromatic rings. The van der Waals surface area contributed by atoms with Crippen molar-refractivity contribution in [3.8, 4) is 0 Å². The second kappa shape index (κ2) is 12.0. The van der Waals surface area contributed by atoms with E-state index in [0.29, 0.717) is 12.2 Å². The molecule has 0 bridgehead atoms. The van der Waals surface area contributed by atoms with E-state index < -0.39 is 6.29 Å². The van der Waals surface area contributed by atoms with Gasteiger partial charge in [-0.25, -0.2) is 4.79 Å². The number of nitrogens with one attached hydrogen (secondary N) is 2. The lowest BCUT2D eigenvalue weighted by molar-refractivity contribution is -0.275. The molecule has 0 saturated carbocycles. The van der Waals surface area contributed by atoms with Crippen molar-refractivity contribution in [2.45, 2.75) is 39.0 Å². The molecule has 7 nitrogen and oxygen atoms in total. The SMILES string of the molecule is C=CCN(C)C[C@@H]1O[C@H](c2ccc(NC(=O)NCC)cc2)O[C@H](c2ccc(CO)cc2)[C@@H]1C. The molecule has 1 aliphatic heterocycles. The lowest BCUT2D eigenvalue weighted by atomic mass is 9.90. The van der Waals surface area contributed by atoms with Crippen LogP contribution < -0.4 is 10.6 Å². The molecule has 0 aromatic heterocycles. The number of hydrogen-bond donors (Lipinski definition) is 3. The van der Waals surface area contributed by atoms with Crippen LogP contribution in [0.4, 0.5) is 10.5 Å². The summed E-state index contributed by atoms with van der Waals surface area (Å²) in [6, 6.07) is 15.2. The van der Waals surface area contributed by atoms with Crippen LogP contribution in [0.25, 0.3) is 0 Å². The van der Waals surface area contributed by atoms with Crippen molar-refractivity contribution in [2.24, 2.45) is 5.92 Å². The predicted octanol–water partition coefficient (Wildman–Crippen LogP) is 4.23. The van der Waals surface area contributed by atoms with Crippen LogP contribution in [0.2, 0.25) is 0 Å². The summed E-state index contributed by atoms with van der Waals surface area (Å²) in [6.07, 6.45) is 1.13. The maximum atomic E-state index is 11.8. The van der Waals surface area contributed by atoms with Gasteiger partial charge in [-0.3, -0.25) is 0 Å². The Bertz CT molecular complexity index is 901. The van der Waals surface area contributed by atoms with Crippen LogP contribution in [0.15, 0.2) is 61.2 Å². The third kappa shape index (κ3) is 6.65. The van der Waals surface area contributed by atoms with Crippen molar-refractivity contribution in [1.29, 1.82) is 0 Å². The third-order valence-electron chi connectivity index (χ3n) is 5.83. The van der Waals surface area contributed by atoms with E-state index in [0.717, 1.165) is 29.8 Å². The first kappa shape index (κ1) is 24.9. The molecule has 7 heteroatoms. The highest BCUT2D eigenvalue weighted by Crippen LogP contribution is 2.41. The maximum Gasteiger partial charge on any atom is 0.319 e. The van der Waals surface area contributed by atoms with Gasteiger partial charge in [0.2, 0.25) is 0 Å². The average molecular weight is 454 g/mol. The van der Waals surface area contributed by atoms with E-state index in [1.54, 1.807) is 0 Å². The molecule has 1 fully saturated rings. The van der Waals surface area contributed by atoms with E-state index in [-0.39, 0.29) is 30.8 Å². The number of anilines is 1. The highest BCUT2D eigenvalue weighted by Gasteiger charge is 2.38. The summed E-state index contributed by atoms with van der Waals surface area (Å²) in [5.74, 6) is 0.118. The molecule has 33 heavy (non-hydrogen) atoms. The van der Waals surface area contributed by atoms with E-state index in [9.17, 15) is 9.90 Å². The second-order valence-electron chi connectivity index (χ2n) is 8.44. The average Bonchev–Trinajstić information content (AvgIpc) is 2.81. The topological polar surface area (TPSA) is 83.1 Å². The fourth-order valence-electron chi connectivity index (χ4n) is 3.99. The van der Waals surface area contributed by atoms with Crippen molar-refractivity contribution >= 4 is 11.7 Å². The molecule has 0 aliphatic carbocycles. The number of carbonyl (C=O) groups excluding carboxylic acids is 1. The second-order valence-corrected chi connectivity index (χ2v) is 8.44. The minimum absolute atomic E-state index is 0.0126. The molecular weight excluding hydrogens is 418 g/mol. The Hall–Kier alpha value is -2.71. The molecule has 1 saturated heterocycles. The standard InChI is InChI=1S/C26H35N3O4/c1-5-15-29(4)16-23-18(3)24(20-9-7-19(17-30)8-10-20)33-25(32-23)21-11-13-22(14-12-21)28-26(31)27-6-2/h5,7-14,18,23-25,30H,1,6,15-17H2,2-4H3,(H2,27,28,31)/t18-,23+,24+,25+/m1/s1. The molecule has 0 radical (unpaired) electrons. The highest BCUT2D eigenvalue weighted by molar-refractivity contribution is 5.89. The number of ether oxygens (including phenoxy) is 2. The van der Waals surface area contributed by atoms with E-state index in [1.165, 1.54) is 0 Å². The van der Waals surface area contributed by atoms with Crippen molar-refractivity contribution in [2.75, 3.05) is 32.0 Å². The van der Waals surface area contributed by atoms with Gasteiger partial charge in [-0.15, -0.1) is 6.58 Å². The Balaban J connectivity index is 1.82. The Morgan fingerprint density at radius 2 is 1.79 bits per heavy atom. The Morgan fingerprint density at radius 3 is 2.39 bits per heavy atom. The number of likely N-dealkylation sites (N-methyl/N-ethyl adjacent to an activating group) is 1.